The Kier molecular flexibility index (Phi) is 1.97. The van der Waals surface area contributed by atoms with Crippen LogP contribution in [0, 0.1) is 28.1 Å². The molecule has 0 aromatic carbocycles. The number of carboxylic acids is 1. The zero-order valence-corrected chi connectivity index (χ0v) is 11.0. The normalized spacial score (nSPS) is 55.9. The van der Waals surface area contributed by atoms with Crippen LogP contribution in [0.2, 0.25) is 0 Å². The first-order valence-electron chi connectivity index (χ1n) is 6.81. The average Bonchev–Trinajstić information content (AvgIpc) is 2.61. The van der Waals surface area contributed by atoms with E-state index in [1.165, 1.54) is 12.8 Å². The second-order valence-corrected chi connectivity index (χ2v) is 6.90. The van der Waals surface area contributed by atoms with Crippen LogP contribution in [0.1, 0.15) is 46.5 Å². The third kappa shape index (κ3) is 1.01. The fraction of sp³-hybridized carbons (Fsp3) is 0.800. The van der Waals surface area contributed by atoms with E-state index in [-0.39, 0.29) is 10.8 Å². The molecule has 5 unspecified atom stereocenters. The first-order chi connectivity index (χ1) is 7.87. The van der Waals surface area contributed by atoms with Gasteiger partial charge >= 0.3 is 5.97 Å². The molecule has 0 saturated heterocycles. The molecule has 4 aliphatic rings. The molecule has 0 heterocycles. The first kappa shape index (κ1) is 11.3. The van der Waals surface area contributed by atoms with Gasteiger partial charge in [0.15, 0.2) is 0 Å². The highest BCUT2D eigenvalue weighted by Gasteiger charge is 2.68. The van der Waals surface area contributed by atoms with Gasteiger partial charge in [0.1, 0.15) is 0 Å². The van der Waals surface area contributed by atoms with Gasteiger partial charge in [-0.15, -0.1) is 0 Å². The SMILES string of the molecule is CC1CCC2C13C=CC(C)(CC3)C2(C)C(=O)O. The summed E-state index contributed by atoms with van der Waals surface area (Å²) >= 11 is 0. The first-order valence-corrected chi connectivity index (χ1v) is 6.81. The third-order valence-corrected chi connectivity index (χ3v) is 6.62. The number of carbonyl (C=O) groups is 1. The quantitative estimate of drug-likeness (QED) is 0.705. The number of hydrogen-bond donors (Lipinski definition) is 1. The third-order valence-electron chi connectivity index (χ3n) is 6.62. The summed E-state index contributed by atoms with van der Waals surface area (Å²) in [5.41, 5.74) is -0.523. The van der Waals surface area contributed by atoms with Crippen molar-refractivity contribution in [3.05, 3.63) is 12.2 Å². The van der Waals surface area contributed by atoms with Crippen molar-refractivity contribution in [2.24, 2.45) is 28.1 Å². The molecule has 0 radical (unpaired) electrons. The molecule has 2 nitrogen and oxygen atoms in total. The number of aliphatic carboxylic acids is 1. The number of rotatable bonds is 1. The molecule has 2 fully saturated rings. The lowest BCUT2D eigenvalue weighted by atomic mass is 9.42. The van der Waals surface area contributed by atoms with Gasteiger partial charge in [-0.1, -0.05) is 26.0 Å². The van der Waals surface area contributed by atoms with Gasteiger partial charge in [-0.3, -0.25) is 4.79 Å². The summed E-state index contributed by atoms with van der Waals surface area (Å²) in [6, 6.07) is 0. The molecule has 0 aromatic rings. The van der Waals surface area contributed by atoms with Crippen molar-refractivity contribution in [3.63, 3.8) is 0 Å². The fourth-order valence-corrected chi connectivity index (χ4v) is 5.03. The topological polar surface area (TPSA) is 37.3 Å². The van der Waals surface area contributed by atoms with E-state index in [9.17, 15) is 9.90 Å². The number of allylic oxidation sites excluding steroid dienone is 2. The molecule has 0 aliphatic heterocycles. The summed E-state index contributed by atoms with van der Waals surface area (Å²) < 4.78 is 0. The Balaban J connectivity index is 2.20. The van der Waals surface area contributed by atoms with E-state index < -0.39 is 11.4 Å². The molecule has 0 aromatic heterocycles. The molecule has 2 saturated carbocycles. The van der Waals surface area contributed by atoms with E-state index in [0.717, 1.165) is 12.8 Å². The van der Waals surface area contributed by atoms with E-state index >= 15 is 0 Å². The van der Waals surface area contributed by atoms with Gasteiger partial charge in [-0.2, -0.15) is 0 Å². The zero-order chi connectivity index (χ0) is 12.5. The van der Waals surface area contributed by atoms with E-state index in [1.807, 2.05) is 6.92 Å². The molecule has 4 aliphatic carbocycles. The van der Waals surface area contributed by atoms with E-state index in [2.05, 4.69) is 26.0 Å². The van der Waals surface area contributed by atoms with Crippen molar-refractivity contribution in [1.82, 2.24) is 0 Å². The summed E-state index contributed by atoms with van der Waals surface area (Å²) in [6.45, 7) is 6.44. The van der Waals surface area contributed by atoms with Crippen LogP contribution in [-0.2, 0) is 4.79 Å². The molecule has 5 atom stereocenters. The maximum Gasteiger partial charge on any atom is 0.310 e. The van der Waals surface area contributed by atoms with Crippen molar-refractivity contribution in [2.45, 2.75) is 46.5 Å². The van der Waals surface area contributed by atoms with Crippen molar-refractivity contribution >= 4 is 5.97 Å². The average molecular weight is 234 g/mol. The lowest BCUT2D eigenvalue weighted by molar-refractivity contribution is -0.173. The van der Waals surface area contributed by atoms with Gasteiger partial charge in [0.2, 0.25) is 0 Å². The molecule has 1 N–H and O–H groups in total. The molecule has 1 spiro atoms. The predicted octanol–water partition coefficient (Wildman–Crippen LogP) is 3.48. The second kappa shape index (κ2) is 2.96. The summed E-state index contributed by atoms with van der Waals surface area (Å²) in [7, 11) is 0. The zero-order valence-electron chi connectivity index (χ0n) is 11.0. The maximum absolute atomic E-state index is 11.9. The fourth-order valence-electron chi connectivity index (χ4n) is 5.03. The van der Waals surface area contributed by atoms with Gasteiger partial charge < -0.3 is 5.11 Å². The molecular weight excluding hydrogens is 212 g/mol. The van der Waals surface area contributed by atoms with Crippen LogP contribution < -0.4 is 0 Å². The standard InChI is InChI=1S/C15H22O2/c1-10-4-5-11-14(3,12(16)17)13(2)6-8-15(10,11)9-7-13/h6,8,10-11H,4-5,7,9H2,1-3H3,(H,16,17). The molecule has 17 heavy (non-hydrogen) atoms. The van der Waals surface area contributed by atoms with Crippen LogP contribution >= 0.6 is 0 Å². The second-order valence-electron chi connectivity index (χ2n) is 6.90. The Morgan fingerprint density at radius 2 is 1.94 bits per heavy atom. The van der Waals surface area contributed by atoms with Crippen LogP contribution in [0.4, 0.5) is 0 Å². The highest BCUT2D eigenvalue weighted by molar-refractivity contribution is 5.77. The predicted molar refractivity (Wildman–Crippen MR) is 66.5 cm³/mol. The molecular formula is C15H22O2. The lowest BCUT2D eigenvalue weighted by Gasteiger charge is -2.61. The molecule has 2 heteroatoms. The van der Waals surface area contributed by atoms with Gasteiger partial charge in [-0.25, -0.2) is 0 Å². The summed E-state index contributed by atoms with van der Waals surface area (Å²) in [5.74, 6) is 0.394. The molecule has 94 valence electrons. The van der Waals surface area contributed by atoms with Crippen LogP contribution in [0.15, 0.2) is 12.2 Å². The highest BCUT2D eigenvalue weighted by atomic mass is 16.4. The number of fused-ring (bicyclic) bond motifs is 1. The van der Waals surface area contributed by atoms with Gasteiger partial charge in [-0.05, 0) is 49.9 Å². The Morgan fingerprint density at radius 1 is 1.24 bits per heavy atom. The summed E-state index contributed by atoms with van der Waals surface area (Å²) in [6.07, 6.45) is 9.10. The van der Waals surface area contributed by atoms with E-state index in [4.69, 9.17) is 0 Å². The summed E-state index contributed by atoms with van der Waals surface area (Å²) in [5, 5.41) is 9.78. The largest absolute Gasteiger partial charge is 0.481 e. The van der Waals surface area contributed by atoms with Crippen molar-refractivity contribution in [3.8, 4) is 0 Å². The molecule has 2 bridgehead atoms. The van der Waals surface area contributed by atoms with Gasteiger partial charge in [0.05, 0.1) is 5.41 Å². The van der Waals surface area contributed by atoms with Gasteiger partial charge in [0, 0.05) is 5.41 Å². The minimum absolute atomic E-state index is 0.144. The molecule has 0 amide bonds. The van der Waals surface area contributed by atoms with Crippen LogP contribution in [-0.4, -0.2) is 11.1 Å². The minimum atomic E-state index is -0.590. The van der Waals surface area contributed by atoms with E-state index in [0.29, 0.717) is 11.8 Å². The lowest BCUT2D eigenvalue weighted by Crippen LogP contribution is -2.59. The minimum Gasteiger partial charge on any atom is -0.481 e. The summed E-state index contributed by atoms with van der Waals surface area (Å²) in [4.78, 5) is 11.9. The van der Waals surface area contributed by atoms with Crippen LogP contribution in [0.5, 0.6) is 0 Å². The highest BCUT2D eigenvalue weighted by Crippen LogP contribution is 2.71. The maximum atomic E-state index is 11.9. The van der Waals surface area contributed by atoms with Crippen LogP contribution in [0.25, 0.3) is 0 Å². The van der Waals surface area contributed by atoms with Crippen molar-refractivity contribution in [1.29, 1.82) is 0 Å². The number of carboxylic acid groups (broad SMARTS) is 1. The van der Waals surface area contributed by atoms with Crippen LogP contribution in [0.3, 0.4) is 0 Å². The van der Waals surface area contributed by atoms with Crippen molar-refractivity contribution < 1.29 is 9.90 Å². The number of hydrogen-bond acceptors (Lipinski definition) is 1. The smallest absolute Gasteiger partial charge is 0.310 e. The Morgan fingerprint density at radius 3 is 2.47 bits per heavy atom. The Labute approximate surface area is 103 Å². The van der Waals surface area contributed by atoms with Crippen molar-refractivity contribution in [2.75, 3.05) is 0 Å². The van der Waals surface area contributed by atoms with E-state index in [1.54, 1.807) is 0 Å². The Bertz CT molecular complexity index is 413. The van der Waals surface area contributed by atoms with Gasteiger partial charge in [0.25, 0.3) is 0 Å². The monoisotopic (exact) mass is 234 g/mol. The Hall–Kier alpha value is -0.790. The molecule has 4 rings (SSSR count).